The Kier molecular flexibility index (Phi) is 7.92. The van der Waals surface area contributed by atoms with Crippen LogP contribution in [-0.4, -0.2) is 17.9 Å². The van der Waals surface area contributed by atoms with Crippen molar-refractivity contribution in [2.24, 2.45) is 5.92 Å². The summed E-state index contributed by atoms with van der Waals surface area (Å²) in [7, 11) is 0. The molecule has 1 atom stereocenters. The highest BCUT2D eigenvalue weighted by Crippen LogP contribution is 2.55. The van der Waals surface area contributed by atoms with Gasteiger partial charge in [-0.3, -0.25) is 4.57 Å². The Balaban J connectivity index is 3.96. The van der Waals surface area contributed by atoms with E-state index in [1.807, 2.05) is 6.92 Å². The van der Waals surface area contributed by atoms with Gasteiger partial charge in [0.15, 0.2) is 0 Å². The first-order valence-corrected chi connectivity index (χ1v) is 8.33. The van der Waals surface area contributed by atoms with Crippen molar-refractivity contribution in [3.05, 3.63) is 0 Å². The molecule has 0 amide bonds. The Morgan fingerprint density at radius 1 is 1.64 bits per heavy atom. The van der Waals surface area contributed by atoms with E-state index in [4.69, 9.17) is 4.52 Å². The maximum Gasteiger partial charge on any atom is 0.351 e. The predicted octanol–water partition coefficient (Wildman–Crippen LogP) is 3.46. The van der Waals surface area contributed by atoms with Crippen LogP contribution in [0.2, 0.25) is 0 Å². The third kappa shape index (κ3) is 6.82. The van der Waals surface area contributed by atoms with Crippen LogP contribution >= 0.6 is 30.3 Å². The Hall–Kier alpha value is 0.430. The molecular formula is C8H18NO2PS2. The molecular weight excluding hydrogens is 237 g/mol. The van der Waals surface area contributed by atoms with Gasteiger partial charge < -0.3 is 9.61 Å². The fourth-order valence-electron chi connectivity index (χ4n) is 0.755. The van der Waals surface area contributed by atoms with Gasteiger partial charge in [-0.15, -0.1) is 0 Å². The van der Waals surface area contributed by atoms with Gasteiger partial charge >= 0.3 is 6.72 Å². The lowest BCUT2D eigenvalue weighted by molar-refractivity contribution is 0.343. The van der Waals surface area contributed by atoms with E-state index in [0.29, 0.717) is 12.5 Å². The second-order valence-corrected chi connectivity index (χ2v) is 7.81. The molecule has 0 fully saturated rings. The lowest BCUT2D eigenvalue weighted by Gasteiger charge is -2.16. The maximum atomic E-state index is 11.9. The summed E-state index contributed by atoms with van der Waals surface area (Å²) in [5.41, 5.74) is 1.26. The zero-order valence-electron chi connectivity index (χ0n) is 8.86. The molecule has 1 N–H and O–H groups in total. The topological polar surface area (TPSA) is 38.3 Å². The van der Waals surface area contributed by atoms with Gasteiger partial charge in [0, 0.05) is 5.75 Å². The van der Waals surface area contributed by atoms with E-state index in [2.05, 4.69) is 31.2 Å². The molecule has 14 heavy (non-hydrogen) atoms. The molecule has 0 aliphatic carbocycles. The first-order valence-electron chi connectivity index (χ1n) is 4.64. The standard InChI is InChI=1S/C8H18NO2PS2/c1-4-11-12(10,9-7-13)14-6-5-8(2)3/h7-8H,4-6H2,1-3H3,(H,9,10,13). The minimum atomic E-state index is -2.77. The first-order chi connectivity index (χ1) is 6.54. The molecule has 0 aromatic rings. The summed E-state index contributed by atoms with van der Waals surface area (Å²) in [6.07, 6.45) is 1.03. The third-order valence-corrected chi connectivity index (χ3v) is 5.76. The molecule has 0 aromatic carbocycles. The molecule has 3 nitrogen and oxygen atoms in total. The molecule has 0 spiro atoms. The van der Waals surface area contributed by atoms with E-state index in [9.17, 15) is 4.57 Å². The molecule has 1 unspecified atom stereocenters. The van der Waals surface area contributed by atoms with Crippen molar-refractivity contribution in [3.8, 4) is 0 Å². The van der Waals surface area contributed by atoms with Crippen LogP contribution < -0.4 is 5.09 Å². The highest BCUT2D eigenvalue weighted by Gasteiger charge is 2.21. The Morgan fingerprint density at radius 3 is 2.71 bits per heavy atom. The van der Waals surface area contributed by atoms with Crippen LogP contribution in [0.3, 0.4) is 0 Å². The molecule has 0 aromatic heterocycles. The average Bonchev–Trinajstić information content (AvgIpc) is 2.03. The van der Waals surface area contributed by atoms with Gasteiger partial charge in [0.05, 0.1) is 12.1 Å². The van der Waals surface area contributed by atoms with Crippen molar-refractivity contribution >= 4 is 35.8 Å². The summed E-state index contributed by atoms with van der Waals surface area (Å²) >= 11 is 5.94. The summed E-state index contributed by atoms with van der Waals surface area (Å²) in [6, 6.07) is 0. The first kappa shape index (κ1) is 14.4. The molecule has 84 valence electrons. The van der Waals surface area contributed by atoms with Gasteiger partial charge in [-0.25, -0.2) is 0 Å². The molecule has 6 heteroatoms. The van der Waals surface area contributed by atoms with Crippen LogP contribution in [0.25, 0.3) is 0 Å². The summed E-state index contributed by atoms with van der Waals surface area (Å²) < 4.78 is 17.1. The van der Waals surface area contributed by atoms with Crippen LogP contribution in [0, 0.1) is 5.92 Å². The SMILES string of the molecule is CCOP(=O)(NC=S)SCCC(C)C. The van der Waals surface area contributed by atoms with Crippen molar-refractivity contribution in [2.75, 3.05) is 12.4 Å². The molecule has 0 heterocycles. The fourth-order valence-corrected chi connectivity index (χ4v) is 4.84. The molecule has 0 aliphatic heterocycles. The maximum absolute atomic E-state index is 11.9. The number of hydrogen-bond donors (Lipinski definition) is 1. The molecule has 0 radical (unpaired) electrons. The number of rotatable bonds is 8. The predicted molar refractivity (Wildman–Crippen MR) is 67.9 cm³/mol. The lowest BCUT2D eigenvalue weighted by atomic mass is 10.2. The van der Waals surface area contributed by atoms with Gasteiger partial charge in [0.25, 0.3) is 0 Å². The van der Waals surface area contributed by atoms with E-state index >= 15 is 0 Å². The number of hydrogen-bond acceptors (Lipinski definition) is 4. The van der Waals surface area contributed by atoms with Crippen LogP contribution in [0.4, 0.5) is 0 Å². The highest BCUT2D eigenvalue weighted by atomic mass is 32.7. The summed E-state index contributed by atoms with van der Waals surface area (Å²) in [5.74, 6) is 1.44. The van der Waals surface area contributed by atoms with E-state index in [1.165, 1.54) is 16.9 Å². The van der Waals surface area contributed by atoms with Crippen LogP contribution in [-0.2, 0) is 9.09 Å². The molecule has 0 bridgehead atoms. The monoisotopic (exact) mass is 255 g/mol. The summed E-state index contributed by atoms with van der Waals surface area (Å²) in [4.78, 5) is 0. The molecule has 0 aliphatic rings. The van der Waals surface area contributed by atoms with Gasteiger partial charge in [-0.2, -0.15) is 0 Å². The smallest absolute Gasteiger partial charge is 0.306 e. The highest BCUT2D eigenvalue weighted by molar-refractivity contribution is 8.56. The normalized spacial score (nSPS) is 15.1. The second kappa shape index (κ2) is 7.69. The van der Waals surface area contributed by atoms with Gasteiger partial charge in [-0.1, -0.05) is 26.1 Å². The van der Waals surface area contributed by atoms with Gasteiger partial charge in [-0.05, 0) is 30.6 Å². The Labute approximate surface area is 95.6 Å². The van der Waals surface area contributed by atoms with E-state index < -0.39 is 6.72 Å². The zero-order valence-corrected chi connectivity index (χ0v) is 11.4. The summed E-state index contributed by atoms with van der Waals surface area (Å²) in [5, 5.41) is 2.62. The minimum Gasteiger partial charge on any atom is -0.306 e. The van der Waals surface area contributed by atoms with Crippen molar-refractivity contribution < 1.29 is 9.09 Å². The van der Waals surface area contributed by atoms with Crippen molar-refractivity contribution in [2.45, 2.75) is 27.2 Å². The second-order valence-electron chi connectivity index (χ2n) is 3.18. The van der Waals surface area contributed by atoms with Gasteiger partial charge in [0.1, 0.15) is 0 Å². The van der Waals surface area contributed by atoms with Crippen molar-refractivity contribution in [1.82, 2.24) is 5.09 Å². The average molecular weight is 255 g/mol. The van der Waals surface area contributed by atoms with E-state index in [0.717, 1.165) is 12.2 Å². The molecule has 0 saturated heterocycles. The zero-order chi connectivity index (χ0) is 11.0. The van der Waals surface area contributed by atoms with Crippen LogP contribution in [0.1, 0.15) is 27.2 Å². The van der Waals surface area contributed by atoms with E-state index in [-0.39, 0.29) is 0 Å². The van der Waals surface area contributed by atoms with Crippen LogP contribution in [0.15, 0.2) is 0 Å². The van der Waals surface area contributed by atoms with E-state index in [1.54, 1.807) is 0 Å². The van der Waals surface area contributed by atoms with Crippen LogP contribution in [0.5, 0.6) is 0 Å². The Morgan fingerprint density at radius 2 is 2.29 bits per heavy atom. The fraction of sp³-hybridized carbons (Fsp3) is 0.875. The Bertz CT molecular complexity index is 212. The number of nitrogens with one attached hydrogen (secondary N) is 1. The van der Waals surface area contributed by atoms with Crippen molar-refractivity contribution in [3.63, 3.8) is 0 Å². The van der Waals surface area contributed by atoms with Gasteiger partial charge in [0.2, 0.25) is 0 Å². The molecule has 0 saturated carbocycles. The summed E-state index contributed by atoms with van der Waals surface area (Å²) in [6.45, 7) is 3.76. The third-order valence-electron chi connectivity index (χ3n) is 1.47. The largest absolute Gasteiger partial charge is 0.351 e. The minimum absolute atomic E-state index is 0.433. The lowest BCUT2D eigenvalue weighted by Crippen LogP contribution is -2.07. The molecule has 0 rings (SSSR count). The quantitative estimate of drug-likeness (QED) is 0.531. The van der Waals surface area contributed by atoms with Crippen molar-refractivity contribution in [1.29, 1.82) is 0 Å². The number of thiocarbonyl (C=S) groups is 1.